The average Bonchev–Trinajstić information content (AvgIpc) is 2.84. The van der Waals surface area contributed by atoms with Crippen LogP contribution in [0.3, 0.4) is 0 Å². The molecule has 0 bridgehead atoms. The lowest BCUT2D eigenvalue weighted by Crippen LogP contribution is -2.14. The van der Waals surface area contributed by atoms with Crippen molar-refractivity contribution in [3.05, 3.63) is 21.9 Å². The Morgan fingerprint density at radius 3 is 2.67 bits per heavy atom. The number of H-pyrrole nitrogens is 2. The smallest absolute Gasteiger partial charge is 0.323 e. The topological polar surface area (TPSA) is 94.9 Å². The van der Waals surface area contributed by atoms with E-state index in [2.05, 4.69) is 9.97 Å². The van der Waals surface area contributed by atoms with E-state index in [1.165, 1.54) is 12.8 Å². The van der Waals surface area contributed by atoms with Crippen LogP contribution in [0.4, 0.5) is 0 Å². The molecular formula is C10H17N3O2. The second-order valence-electron chi connectivity index (χ2n) is 4.14. The highest BCUT2D eigenvalue weighted by molar-refractivity contribution is 5.20. The highest BCUT2D eigenvalue weighted by Crippen LogP contribution is 2.35. The van der Waals surface area contributed by atoms with Gasteiger partial charge in [0.25, 0.3) is 0 Å². The lowest BCUT2D eigenvalue weighted by atomic mass is 10.0. The van der Waals surface area contributed by atoms with E-state index in [0.717, 1.165) is 18.5 Å². The van der Waals surface area contributed by atoms with Crippen LogP contribution in [-0.4, -0.2) is 21.6 Å². The van der Waals surface area contributed by atoms with Crippen LogP contribution >= 0.6 is 0 Å². The number of rotatable bonds is 3. The highest BCUT2D eigenvalue weighted by atomic mass is 16.3. The lowest BCUT2D eigenvalue weighted by Gasteiger charge is -2.12. The average molecular weight is 211 g/mol. The highest BCUT2D eigenvalue weighted by Gasteiger charge is 2.24. The summed E-state index contributed by atoms with van der Waals surface area (Å²) in [6.45, 7) is 0.132. The fourth-order valence-electron chi connectivity index (χ4n) is 2.33. The number of aliphatic hydroxyl groups is 1. The molecule has 2 rings (SSSR count). The van der Waals surface area contributed by atoms with Gasteiger partial charge in [0.15, 0.2) is 0 Å². The molecule has 1 aliphatic carbocycles. The molecule has 0 amide bonds. The monoisotopic (exact) mass is 211 g/mol. The second kappa shape index (κ2) is 4.20. The van der Waals surface area contributed by atoms with Crippen molar-refractivity contribution in [2.45, 2.75) is 37.7 Å². The van der Waals surface area contributed by atoms with Gasteiger partial charge in [-0.15, -0.1) is 0 Å². The minimum absolute atomic E-state index is 0.132. The Labute approximate surface area is 87.7 Å². The summed E-state index contributed by atoms with van der Waals surface area (Å²) >= 11 is 0. The molecular weight excluding hydrogens is 194 g/mol. The first-order valence-corrected chi connectivity index (χ1v) is 5.42. The Morgan fingerprint density at radius 1 is 1.40 bits per heavy atom. The molecule has 1 saturated carbocycles. The van der Waals surface area contributed by atoms with Crippen molar-refractivity contribution in [1.82, 2.24) is 9.97 Å². The van der Waals surface area contributed by atoms with Crippen molar-refractivity contribution in [3.63, 3.8) is 0 Å². The molecule has 0 saturated heterocycles. The molecule has 0 aromatic carbocycles. The third-order valence-corrected chi connectivity index (χ3v) is 3.11. The van der Waals surface area contributed by atoms with Crippen molar-refractivity contribution in [3.8, 4) is 0 Å². The lowest BCUT2D eigenvalue weighted by molar-refractivity contribution is 0.180. The summed E-state index contributed by atoms with van der Waals surface area (Å²) in [5.74, 6) is 0.375. The second-order valence-corrected chi connectivity index (χ2v) is 4.14. The van der Waals surface area contributed by atoms with Crippen LogP contribution < -0.4 is 11.4 Å². The molecule has 5 N–H and O–H groups in total. The van der Waals surface area contributed by atoms with E-state index in [1.807, 2.05) is 0 Å². The fraction of sp³-hybridized carbons (Fsp3) is 0.700. The molecule has 1 aromatic rings. The molecule has 0 spiro atoms. The van der Waals surface area contributed by atoms with Crippen molar-refractivity contribution in [1.29, 1.82) is 0 Å². The first kappa shape index (κ1) is 10.4. The van der Waals surface area contributed by atoms with Gasteiger partial charge in [0.05, 0.1) is 5.69 Å². The molecule has 1 fully saturated rings. The van der Waals surface area contributed by atoms with Crippen LogP contribution in [0.15, 0.2) is 4.79 Å². The predicted octanol–water partition coefficient (Wildman–Crippen LogP) is 0.353. The number of aliphatic hydroxyl groups excluding tert-OH is 1. The summed E-state index contributed by atoms with van der Waals surface area (Å²) in [7, 11) is 0. The van der Waals surface area contributed by atoms with Gasteiger partial charge >= 0.3 is 5.69 Å². The molecule has 5 heteroatoms. The third-order valence-electron chi connectivity index (χ3n) is 3.11. The van der Waals surface area contributed by atoms with Gasteiger partial charge in [0.2, 0.25) is 0 Å². The summed E-state index contributed by atoms with van der Waals surface area (Å²) in [5.41, 5.74) is 6.58. The number of hydrogen-bond donors (Lipinski definition) is 4. The van der Waals surface area contributed by atoms with Crippen molar-refractivity contribution < 1.29 is 5.11 Å². The SMILES string of the molecule is NCC(O)c1[nH]c(=O)[nH]c1C1CCCC1. The number of nitrogens with two attached hydrogens (primary N) is 1. The van der Waals surface area contributed by atoms with Gasteiger partial charge < -0.3 is 20.8 Å². The minimum Gasteiger partial charge on any atom is -0.385 e. The zero-order chi connectivity index (χ0) is 10.8. The number of hydrogen-bond acceptors (Lipinski definition) is 3. The summed E-state index contributed by atoms with van der Waals surface area (Å²) in [4.78, 5) is 16.6. The first-order chi connectivity index (χ1) is 7.22. The van der Waals surface area contributed by atoms with E-state index >= 15 is 0 Å². The molecule has 0 aliphatic heterocycles. The molecule has 1 atom stereocenters. The molecule has 1 aliphatic rings. The molecule has 1 unspecified atom stereocenters. The van der Waals surface area contributed by atoms with Gasteiger partial charge in [-0.1, -0.05) is 12.8 Å². The molecule has 1 aromatic heterocycles. The maximum absolute atomic E-state index is 11.2. The molecule has 5 nitrogen and oxygen atoms in total. The Kier molecular flexibility index (Phi) is 2.93. The van der Waals surface area contributed by atoms with E-state index < -0.39 is 6.10 Å². The largest absolute Gasteiger partial charge is 0.385 e. The normalized spacial score (nSPS) is 19.6. The zero-order valence-corrected chi connectivity index (χ0v) is 8.62. The maximum atomic E-state index is 11.2. The Bertz CT molecular complexity index is 376. The molecule has 84 valence electrons. The van der Waals surface area contributed by atoms with Gasteiger partial charge in [-0.05, 0) is 12.8 Å². The Balaban J connectivity index is 2.32. The predicted molar refractivity (Wildman–Crippen MR) is 56.6 cm³/mol. The number of nitrogens with one attached hydrogen (secondary N) is 2. The molecule has 1 heterocycles. The van der Waals surface area contributed by atoms with E-state index in [9.17, 15) is 9.90 Å². The van der Waals surface area contributed by atoms with E-state index in [1.54, 1.807) is 0 Å². The maximum Gasteiger partial charge on any atom is 0.323 e. The number of imidazole rings is 1. The zero-order valence-electron chi connectivity index (χ0n) is 8.62. The van der Waals surface area contributed by atoms with Gasteiger partial charge in [0.1, 0.15) is 6.10 Å². The Hall–Kier alpha value is -1.07. The van der Waals surface area contributed by atoms with Crippen LogP contribution in [0.5, 0.6) is 0 Å². The number of aromatic nitrogens is 2. The van der Waals surface area contributed by atoms with Crippen LogP contribution in [0.1, 0.15) is 49.1 Å². The number of aromatic amines is 2. The summed E-state index contributed by atoms with van der Waals surface area (Å²) in [5, 5.41) is 9.67. The van der Waals surface area contributed by atoms with E-state index in [0.29, 0.717) is 11.6 Å². The Morgan fingerprint density at radius 2 is 2.07 bits per heavy atom. The van der Waals surface area contributed by atoms with Gasteiger partial charge in [0, 0.05) is 18.2 Å². The van der Waals surface area contributed by atoms with Crippen molar-refractivity contribution in [2.75, 3.05) is 6.54 Å². The first-order valence-electron chi connectivity index (χ1n) is 5.42. The van der Waals surface area contributed by atoms with E-state index in [4.69, 9.17) is 5.73 Å². The van der Waals surface area contributed by atoms with Gasteiger partial charge in [-0.3, -0.25) is 0 Å². The van der Waals surface area contributed by atoms with Crippen molar-refractivity contribution >= 4 is 0 Å². The fourth-order valence-corrected chi connectivity index (χ4v) is 2.33. The van der Waals surface area contributed by atoms with Crippen LogP contribution in [0, 0.1) is 0 Å². The molecule has 0 radical (unpaired) electrons. The van der Waals surface area contributed by atoms with Gasteiger partial charge in [-0.2, -0.15) is 0 Å². The minimum atomic E-state index is -0.764. The summed E-state index contributed by atoms with van der Waals surface area (Å²) in [6.07, 6.45) is 3.78. The quantitative estimate of drug-likeness (QED) is 0.581. The van der Waals surface area contributed by atoms with Crippen LogP contribution in [-0.2, 0) is 0 Å². The van der Waals surface area contributed by atoms with Gasteiger partial charge in [-0.25, -0.2) is 4.79 Å². The van der Waals surface area contributed by atoms with Crippen molar-refractivity contribution in [2.24, 2.45) is 5.73 Å². The van der Waals surface area contributed by atoms with Crippen LogP contribution in [0.2, 0.25) is 0 Å². The molecule has 15 heavy (non-hydrogen) atoms. The summed E-state index contributed by atoms with van der Waals surface area (Å²) in [6, 6.07) is 0. The third kappa shape index (κ3) is 1.98. The summed E-state index contributed by atoms with van der Waals surface area (Å²) < 4.78 is 0. The van der Waals surface area contributed by atoms with E-state index in [-0.39, 0.29) is 12.2 Å². The standard InChI is InChI=1S/C10H17N3O2/c11-5-7(14)9-8(12-10(15)13-9)6-3-1-2-4-6/h6-7,14H,1-5,11H2,(H2,12,13,15). The van der Waals surface area contributed by atoms with Crippen LogP contribution in [0.25, 0.3) is 0 Å².